The summed E-state index contributed by atoms with van der Waals surface area (Å²) in [4.78, 5) is 24.9. The fraction of sp³-hybridized carbons (Fsp3) is 0.364. The summed E-state index contributed by atoms with van der Waals surface area (Å²) in [6.07, 6.45) is 4.46. The third-order valence-corrected chi connectivity index (χ3v) is 5.52. The first-order chi connectivity index (χ1) is 13.5. The highest BCUT2D eigenvalue weighted by molar-refractivity contribution is 6.30. The average molecular weight is 419 g/mol. The highest BCUT2D eigenvalue weighted by Crippen LogP contribution is 2.19. The first kappa shape index (κ1) is 20.7. The molecule has 2 unspecified atom stereocenters. The Morgan fingerprint density at radius 2 is 1.07 bits per heavy atom. The van der Waals surface area contributed by atoms with Gasteiger partial charge in [0, 0.05) is 22.1 Å². The maximum Gasteiger partial charge on any atom is 0.224 e. The van der Waals surface area contributed by atoms with Crippen LogP contribution in [-0.2, 0) is 22.4 Å². The van der Waals surface area contributed by atoms with Crippen molar-refractivity contribution in [1.29, 1.82) is 0 Å². The van der Waals surface area contributed by atoms with Crippen molar-refractivity contribution in [3.8, 4) is 0 Å². The molecule has 2 aromatic carbocycles. The van der Waals surface area contributed by atoms with Crippen LogP contribution >= 0.6 is 23.2 Å². The van der Waals surface area contributed by atoms with Crippen LogP contribution < -0.4 is 10.6 Å². The first-order valence-electron chi connectivity index (χ1n) is 9.57. The fourth-order valence-electron chi connectivity index (χ4n) is 3.57. The molecule has 6 heteroatoms. The van der Waals surface area contributed by atoms with E-state index in [2.05, 4.69) is 10.6 Å². The van der Waals surface area contributed by atoms with E-state index < -0.39 is 0 Å². The zero-order valence-electron chi connectivity index (χ0n) is 15.6. The third kappa shape index (κ3) is 6.25. The Morgan fingerprint density at radius 1 is 0.714 bits per heavy atom. The summed E-state index contributed by atoms with van der Waals surface area (Å²) in [7, 11) is 0. The predicted octanol–water partition coefficient (Wildman–Crippen LogP) is 4.32. The Balaban J connectivity index is 1.54. The maximum absolute atomic E-state index is 12.5. The van der Waals surface area contributed by atoms with Crippen LogP contribution in [-0.4, -0.2) is 23.9 Å². The van der Waals surface area contributed by atoms with Gasteiger partial charge in [0.25, 0.3) is 0 Å². The molecule has 0 aliphatic heterocycles. The molecular formula is C22H24Cl2N2O2. The number of carbonyl (C=O) groups excluding carboxylic acids is 2. The monoisotopic (exact) mass is 418 g/mol. The lowest BCUT2D eigenvalue weighted by atomic mass is 9.89. The highest BCUT2D eigenvalue weighted by Gasteiger charge is 2.27. The zero-order chi connectivity index (χ0) is 19.9. The minimum Gasteiger partial charge on any atom is -0.351 e. The van der Waals surface area contributed by atoms with Gasteiger partial charge in [-0.3, -0.25) is 9.59 Å². The minimum absolute atomic E-state index is 0.0360. The third-order valence-electron chi connectivity index (χ3n) is 5.01. The lowest BCUT2D eigenvalue weighted by Gasteiger charge is -2.33. The summed E-state index contributed by atoms with van der Waals surface area (Å²) in [5.41, 5.74) is 1.84. The number of benzene rings is 2. The van der Waals surface area contributed by atoms with Gasteiger partial charge in [0.1, 0.15) is 0 Å². The van der Waals surface area contributed by atoms with Crippen LogP contribution in [0, 0.1) is 0 Å². The SMILES string of the molecule is O=C(Cc1ccc(Cl)cc1)NC1CCCCC1NC(=O)Cc1ccc(Cl)cc1. The van der Waals surface area contributed by atoms with E-state index in [1.54, 1.807) is 24.3 Å². The van der Waals surface area contributed by atoms with E-state index in [-0.39, 0.29) is 23.9 Å². The lowest BCUT2D eigenvalue weighted by molar-refractivity contribution is -0.124. The summed E-state index contributed by atoms with van der Waals surface area (Å²) in [6, 6.07) is 14.5. The van der Waals surface area contributed by atoms with Gasteiger partial charge >= 0.3 is 0 Å². The molecule has 1 aliphatic carbocycles. The molecule has 28 heavy (non-hydrogen) atoms. The molecule has 0 spiro atoms. The number of hydrogen-bond donors (Lipinski definition) is 2. The molecule has 1 saturated carbocycles. The van der Waals surface area contributed by atoms with Gasteiger partial charge in [0.05, 0.1) is 12.8 Å². The Labute approximate surface area is 175 Å². The van der Waals surface area contributed by atoms with Gasteiger partial charge < -0.3 is 10.6 Å². The number of amides is 2. The van der Waals surface area contributed by atoms with Crippen LogP contribution in [0.5, 0.6) is 0 Å². The van der Waals surface area contributed by atoms with E-state index >= 15 is 0 Å². The van der Waals surface area contributed by atoms with E-state index in [4.69, 9.17) is 23.2 Å². The Kier molecular flexibility index (Phi) is 7.35. The molecule has 0 bridgehead atoms. The van der Waals surface area contributed by atoms with Crippen molar-refractivity contribution in [2.24, 2.45) is 0 Å². The van der Waals surface area contributed by atoms with Crippen LogP contribution in [0.25, 0.3) is 0 Å². The smallest absolute Gasteiger partial charge is 0.224 e. The number of hydrogen-bond acceptors (Lipinski definition) is 2. The average Bonchev–Trinajstić information content (AvgIpc) is 2.67. The lowest BCUT2D eigenvalue weighted by Crippen LogP contribution is -2.53. The van der Waals surface area contributed by atoms with Gasteiger partial charge in [-0.15, -0.1) is 0 Å². The Hall–Kier alpha value is -2.04. The molecule has 4 nitrogen and oxygen atoms in total. The minimum atomic E-state index is -0.0391. The molecule has 3 rings (SSSR count). The normalized spacial score (nSPS) is 19.1. The number of rotatable bonds is 6. The van der Waals surface area contributed by atoms with Gasteiger partial charge in [-0.25, -0.2) is 0 Å². The highest BCUT2D eigenvalue weighted by atomic mass is 35.5. The van der Waals surface area contributed by atoms with Gasteiger partial charge in [-0.1, -0.05) is 60.3 Å². The number of carbonyl (C=O) groups is 2. The van der Waals surface area contributed by atoms with Crippen LogP contribution in [0.4, 0.5) is 0 Å². The standard InChI is InChI=1S/C22H24Cl2N2O2/c23-17-9-5-15(6-10-17)13-21(27)25-19-3-1-2-4-20(19)26-22(28)14-16-7-11-18(24)12-8-16/h5-12,19-20H,1-4,13-14H2,(H,25,27)(H,26,28). The van der Waals surface area contributed by atoms with Crippen molar-refractivity contribution < 1.29 is 9.59 Å². The fourth-order valence-corrected chi connectivity index (χ4v) is 3.82. The molecule has 148 valence electrons. The molecule has 0 heterocycles. The van der Waals surface area contributed by atoms with Crippen molar-refractivity contribution in [2.75, 3.05) is 0 Å². The van der Waals surface area contributed by atoms with Gasteiger partial charge in [-0.05, 0) is 48.2 Å². The van der Waals surface area contributed by atoms with Crippen LogP contribution in [0.3, 0.4) is 0 Å². The molecule has 2 amide bonds. The van der Waals surface area contributed by atoms with Crippen molar-refractivity contribution in [2.45, 2.75) is 50.6 Å². The summed E-state index contributed by atoms with van der Waals surface area (Å²) >= 11 is 11.8. The Bertz CT molecular complexity index is 737. The molecule has 2 aromatic rings. The van der Waals surface area contributed by atoms with E-state index in [9.17, 15) is 9.59 Å². The molecule has 1 aliphatic rings. The van der Waals surface area contributed by atoms with Crippen LogP contribution in [0.15, 0.2) is 48.5 Å². The zero-order valence-corrected chi connectivity index (χ0v) is 17.1. The molecule has 2 N–H and O–H groups in total. The number of halogens is 2. The largest absolute Gasteiger partial charge is 0.351 e. The van der Waals surface area contributed by atoms with E-state index in [0.29, 0.717) is 22.9 Å². The van der Waals surface area contributed by atoms with E-state index in [1.807, 2.05) is 24.3 Å². The van der Waals surface area contributed by atoms with Gasteiger partial charge in [-0.2, -0.15) is 0 Å². The maximum atomic E-state index is 12.5. The van der Waals surface area contributed by atoms with Gasteiger partial charge in [0.15, 0.2) is 0 Å². The molecule has 2 atom stereocenters. The summed E-state index contributed by atoms with van der Waals surface area (Å²) < 4.78 is 0. The second kappa shape index (κ2) is 9.94. The molecule has 0 aromatic heterocycles. The summed E-state index contributed by atoms with van der Waals surface area (Å²) in [5.74, 6) is -0.0719. The number of nitrogens with one attached hydrogen (secondary N) is 2. The molecule has 1 fully saturated rings. The van der Waals surface area contributed by atoms with Crippen molar-refractivity contribution in [1.82, 2.24) is 10.6 Å². The molecule has 0 radical (unpaired) electrons. The topological polar surface area (TPSA) is 58.2 Å². The quantitative estimate of drug-likeness (QED) is 0.733. The first-order valence-corrected chi connectivity index (χ1v) is 10.3. The van der Waals surface area contributed by atoms with E-state index in [1.165, 1.54) is 0 Å². The van der Waals surface area contributed by atoms with Crippen molar-refractivity contribution in [3.05, 3.63) is 69.7 Å². The van der Waals surface area contributed by atoms with Gasteiger partial charge in [0.2, 0.25) is 11.8 Å². The Morgan fingerprint density at radius 3 is 1.43 bits per heavy atom. The molecule has 0 saturated heterocycles. The van der Waals surface area contributed by atoms with Crippen LogP contribution in [0.1, 0.15) is 36.8 Å². The van der Waals surface area contributed by atoms with E-state index in [0.717, 1.165) is 36.8 Å². The van der Waals surface area contributed by atoms with Crippen LogP contribution in [0.2, 0.25) is 10.0 Å². The van der Waals surface area contributed by atoms with Crippen molar-refractivity contribution >= 4 is 35.0 Å². The van der Waals surface area contributed by atoms with Crippen molar-refractivity contribution in [3.63, 3.8) is 0 Å². The summed E-state index contributed by atoms with van der Waals surface area (Å²) in [6.45, 7) is 0. The predicted molar refractivity (Wildman–Crippen MR) is 113 cm³/mol. The molecular weight excluding hydrogens is 395 g/mol. The second-order valence-corrected chi connectivity index (χ2v) is 8.11. The summed E-state index contributed by atoms with van der Waals surface area (Å²) in [5, 5.41) is 7.51. The second-order valence-electron chi connectivity index (χ2n) is 7.24.